The molecule has 2 aromatic heterocycles. The number of aromatic nitrogens is 3. The predicted octanol–water partition coefficient (Wildman–Crippen LogP) is 3.52. The normalized spacial score (nSPS) is 18.2. The van der Waals surface area contributed by atoms with Crippen LogP contribution >= 0.6 is 0 Å². The molecule has 1 aliphatic carbocycles. The molecule has 174 valence electrons. The number of rotatable bonds is 7. The molecule has 2 amide bonds. The Morgan fingerprint density at radius 2 is 1.94 bits per heavy atom. The third kappa shape index (κ3) is 5.42. The van der Waals surface area contributed by atoms with Gasteiger partial charge in [-0.2, -0.15) is 5.10 Å². The summed E-state index contributed by atoms with van der Waals surface area (Å²) in [4.78, 5) is 31.5. The molecule has 1 N–H and O–H groups in total. The van der Waals surface area contributed by atoms with E-state index in [0.29, 0.717) is 25.7 Å². The molecule has 1 aliphatic heterocycles. The number of likely N-dealkylation sites (tertiary alicyclic amines) is 1. The number of nitrogens with zero attached hydrogens (tertiary/aromatic N) is 4. The van der Waals surface area contributed by atoms with Crippen molar-refractivity contribution in [1.82, 2.24) is 25.0 Å². The zero-order chi connectivity index (χ0) is 23.3. The summed E-state index contributed by atoms with van der Waals surface area (Å²) in [6.45, 7) is 1.80. The highest BCUT2D eigenvalue weighted by Crippen LogP contribution is 2.24. The fourth-order valence-corrected chi connectivity index (χ4v) is 4.34. The van der Waals surface area contributed by atoms with Crippen molar-refractivity contribution >= 4 is 17.9 Å². The molecular formula is C27H29N5O2. The average Bonchev–Trinajstić information content (AvgIpc) is 3.61. The monoisotopic (exact) mass is 455 g/mol. The summed E-state index contributed by atoms with van der Waals surface area (Å²) in [6, 6.07) is 14.3. The lowest BCUT2D eigenvalue weighted by molar-refractivity contribution is -0.132. The Morgan fingerprint density at radius 1 is 1.09 bits per heavy atom. The zero-order valence-electron chi connectivity index (χ0n) is 19.1. The molecule has 1 aromatic carbocycles. The summed E-state index contributed by atoms with van der Waals surface area (Å²) in [5, 5.41) is 7.86. The number of benzene rings is 1. The molecule has 2 fully saturated rings. The van der Waals surface area contributed by atoms with Crippen LogP contribution in [0.25, 0.3) is 17.3 Å². The fraction of sp³-hybridized carbons (Fsp3) is 0.333. The van der Waals surface area contributed by atoms with Crippen LogP contribution in [0.5, 0.6) is 0 Å². The first-order chi connectivity index (χ1) is 16.7. The van der Waals surface area contributed by atoms with Gasteiger partial charge in [-0.3, -0.25) is 19.3 Å². The third-order valence-electron chi connectivity index (χ3n) is 6.35. The Kier molecular flexibility index (Phi) is 6.51. The van der Waals surface area contributed by atoms with Gasteiger partial charge >= 0.3 is 0 Å². The lowest BCUT2D eigenvalue weighted by Crippen LogP contribution is -2.45. The van der Waals surface area contributed by atoms with Crippen molar-refractivity contribution in [3.05, 3.63) is 78.3 Å². The van der Waals surface area contributed by atoms with E-state index in [2.05, 4.69) is 22.4 Å². The summed E-state index contributed by atoms with van der Waals surface area (Å²) in [7, 11) is 0. The second-order valence-electron chi connectivity index (χ2n) is 9.10. The van der Waals surface area contributed by atoms with Gasteiger partial charge in [0.2, 0.25) is 11.8 Å². The Hall–Kier alpha value is -3.74. The number of hydrogen-bond acceptors (Lipinski definition) is 4. The molecule has 1 saturated carbocycles. The summed E-state index contributed by atoms with van der Waals surface area (Å²) < 4.78 is 1.89. The van der Waals surface area contributed by atoms with Crippen LogP contribution in [-0.2, 0) is 16.1 Å². The van der Waals surface area contributed by atoms with Gasteiger partial charge in [0.05, 0.1) is 12.5 Å². The number of carbonyl (C=O) groups excluding carboxylic acids is 2. The highest BCUT2D eigenvalue weighted by atomic mass is 16.2. The molecule has 1 unspecified atom stereocenters. The number of piperidine rings is 1. The summed E-state index contributed by atoms with van der Waals surface area (Å²) in [5.74, 6) is -0.104. The lowest BCUT2D eigenvalue weighted by Gasteiger charge is -2.31. The van der Waals surface area contributed by atoms with Gasteiger partial charge in [0.25, 0.3) is 0 Å². The van der Waals surface area contributed by atoms with E-state index in [9.17, 15) is 9.59 Å². The van der Waals surface area contributed by atoms with E-state index < -0.39 is 0 Å². The topological polar surface area (TPSA) is 80.1 Å². The molecule has 5 rings (SSSR count). The van der Waals surface area contributed by atoms with E-state index in [1.54, 1.807) is 23.4 Å². The van der Waals surface area contributed by atoms with Crippen LogP contribution in [0.15, 0.2) is 67.1 Å². The van der Waals surface area contributed by atoms with E-state index in [0.717, 1.165) is 48.1 Å². The van der Waals surface area contributed by atoms with Crippen LogP contribution in [-0.4, -0.2) is 50.6 Å². The molecule has 7 nitrogen and oxygen atoms in total. The SMILES string of the molecule is O=C(NC1CC1)C1CCCN(C(=O)/C=C/c2cn(Cc3ccccc3)nc2-c2cccnc2)C1. The van der Waals surface area contributed by atoms with Crippen LogP contribution < -0.4 is 5.32 Å². The first-order valence-corrected chi connectivity index (χ1v) is 11.9. The fourth-order valence-electron chi connectivity index (χ4n) is 4.34. The average molecular weight is 456 g/mol. The molecule has 34 heavy (non-hydrogen) atoms. The van der Waals surface area contributed by atoms with Crippen molar-refractivity contribution in [3.8, 4) is 11.3 Å². The van der Waals surface area contributed by atoms with Crippen molar-refractivity contribution in [2.24, 2.45) is 5.92 Å². The Bertz CT molecular complexity index is 1170. The molecular weight excluding hydrogens is 426 g/mol. The Balaban J connectivity index is 1.32. The molecule has 0 spiro atoms. The summed E-state index contributed by atoms with van der Waals surface area (Å²) >= 11 is 0. The first kappa shape index (κ1) is 22.1. The van der Waals surface area contributed by atoms with Crippen LogP contribution in [0.3, 0.4) is 0 Å². The van der Waals surface area contributed by atoms with E-state index in [4.69, 9.17) is 5.10 Å². The van der Waals surface area contributed by atoms with Gasteiger partial charge < -0.3 is 10.2 Å². The highest BCUT2D eigenvalue weighted by Gasteiger charge is 2.31. The van der Waals surface area contributed by atoms with Gasteiger partial charge in [0, 0.05) is 54.9 Å². The van der Waals surface area contributed by atoms with Crippen molar-refractivity contribution in [2.45, 2.75) is 38.3 Å². The van der Waals surface area contributed by atoms with Gasteiger partial charge in [-0.05, 0) is 49.5 Å². The van der Waals surface area contributed by atoms with Gasteiger partial charge in [-0.1, -0.05) is 30.3 Å². The minimum absolute atomic E-state index is 0.0723. The van der Waals surface area contributed by atoms with Crippen LogP contribution in [0.4, 0.5) is 0 Å². The van der Waals surface area contributed by atoms with E-state index in [-0.39, 0.29) is 17.7 Å². The molecule has 3 heterocycles. The second kappa shape index (κ2) is 10.0. The van der Waals surface area contributed by atoms with Crippen LogP contribution in [0.1, 0.15) is 36.8 Å². The summed E-state index contributed by atoms with van der Waals surface area (Å²) in [5.41, 5.74) is 3.69. The molecule has 3 aromatic rings. The van der Waals surface area contributed by atoms with Crippen molar-refractivity contribution in [2.75, 3.05) is 13.1 Å². The molecule has 7 heteroatoms. The van der Waals surface area contributed by atoms with Crippen LogP contribution in [0, 0.1) is 5.92 Å². The van der Waals surface area contributed by atoms with Gasteiger partial charge in [0.1, 0.15) is 5.69 Å². The van der Waals surface area contributed by atoms with Gasteiger partial charge in [0.15, 0.2) is 0 Å². The highest BCUT2D eigenvalue weighted by molar-refractivity contribution is 5.93. The standard InChI is InChI=1S/C27H29N5O2/c33-25(31-15-5-9-23(18-31)27(34)29-24-11-12-24)13-10-22-19-32(17-20-6-2-1-3-7-20)30-26(22)21-8-4-14-28-16-21/h1-4,6-8,10,13-14,16,19,23-24H,5,9,11-12,15,17-18H2,(H,29,34)/b13-10+. The number of pyridine rings is 1. The minimum atomic E-state index is -0.119. The van der Waals surface area contributed by atoms with E-state index in [1.165, 1.54) is 0 Å². The number of carbonyl (C=O) groups is 2. The maximum absolute atomic E-state index is 13.0. The maximum Gasteiger partial charge on any atom is 0.246 e. The second-order valence-corrected chi connectivity index (χ2v) is 9.10. The van der Waals surface area contributed by atoms with Gasteiger partial charge in [-0.25, -0.2) is 0 Å². The number of nitrogens with one attached hydrogen (secondary N) is 1. The van der Waals surface area contributed by atoms with Crippen molar-refractivity contribution < 1.29 is 9.59 Å². The Labute approximate surface area is 199 Å². The molecule has 1 atom stereocenters. The zero-order valence-corrected chi connectivity index (χ0v) is 19.1. The quantitative estimate of drug-likeness (QED) is 0.553. The smallest absolute Gasteiger partial charge is 0.246 e. The Morgan fingerprint density at radius 3 is 2.71 bits per heavy atom. The lowest BCUT2D eigenvalue weighted by atomic mass is 9.97. The van der Waals surface area contributed by atoms with E-state index in [1.807, 2.05) is 47.3 Å². The number of hydrogen-bond donors (Lipinski definition) is 1. The maximum atomic E-state index is 13.0. The molecule has 0 bridgehead atoms. The van der Waals surface area contributed by atoms with Gasteiger partial charge in [-0.15, -0.1) is 0 Å². The third-order valence-corrected chi connectivity index (χ3v) is 6.35. The summed E-state index contributed by atoms with van der Waals surface area (Å²) in [6.07, 6.45) is 12.7. The van der Waals surface area contributed by atoms with Crippen molar-refractivity contribution in [3.63, 3.8) is 0 Å². The van der Waals surface area contributed by atoms with Crippen molar-refractivity contribution in [1.29, 1.82) is 0 Å². The largest absolute Gasteiger partial charge is 0.353 e. The molecule has 1 saturated heterocycles. The van der Waals surface area contributed by atoms with E-state index >= 15 is 0 Å². The predicted molar refractivity (Wildman–Crippen MR) is 131 cm³/mol. The first-order valence-electron chi connectivity index (χ1n) is 11.9. The minimum Gasteiger partial charge on any atom is -0.353 e. The van der Waals surface area contributed by atoms with Crippen LogP contribution in [0.2, 0.25) is 0 Å². The molecule has 2 aliphatic rings. The number of amides is 2. The molecule has 0 radical (unpaired) electrons.